The molecular formula is C24H34N6O4. The minimum atomic E-state index is -0.507. The van der Waals surface area contributed by atoms with Gasteiger partial charge in [0.25, 0.3) is 5.91 Å². The lowest BCUT2D eigenvalue weighted by molar-refractivity contribution is 0.0237. The molecule has 1 amide bonds. The predicted molar refractivity (Wildman–Crippen MR) is 130 cm³/mol. The van der Waals surface area contributed by atoms with Crippen LogP contribution in [-0.2, 0) is 0 Å². The molecule has 1 saturated heterocycles. The molecule has 184 valence electrons. The van der Waals surface area contributed by atoms with Crippen molar-refractivity contribution in [3.63, 3.8) is 0 Å². The van der Waals surface area contributed by atoms with Crippen LogP contribution < -0.4 is 25.4 Å². The molecule has 2 aliphatic heterocycles. The van der Waals surface area contributed by atoms with E-state index in [4.69, 9.17) is 9.47 Å². The van der Waals surface area contributed by atoms with Crippen molar-refractivity contribution in [2.75, 3.05) is 63.6 Å². The number of carbonyl (C=O) groups excluding carboxylic acids is 1. The zero-order chi connectivity index (χ0) is 23.9. The van der Waals surface area contributed by atoms with E-state index >= 15 is 0 Å². The smallest absolute Gasteiger partial charge is 0.255 e. The van der Waals surface area contributed by atoms with Crippen molar-refractivity contribution in [2.24, 2.45) is 5.92 Å². The maximum Gasteiger partial charge on any atom is 0.255 e. The van der Waals surface area contributed by atoms with E-state index in [1.807, 2.05) is 13.0 Å². The first kappa shape index (κ1) is 24.0. The molecule has 0 bridgehead atoms. The first-order valence-electron chi connectivity index (χ1n) is 11.9. The van der Waals surface area contributed by atoms with Crippen molar-refractivity contribution >= 4 is 17.4 Å². The number of nitrogens with one attached hydrogen (secondary N) is 3. The van der Waals surface area contributed by atoms with Gasteiger partial charge >= 0.3 is 0 Å². The van der Waals surface area contributed by atoms with Crippen molar-refractivity contribution in [1.29, 1.82) is 0 Å². The Labute approximate surface area is 200 Å². The number of fused-ring (bicyclic) bond motifs is 1. The van der Waals surface area contributed by atoms with Crippen molar-refractivity contribution in [3.05, 3.63) is 35.8 Å². The van der Waals surface area contributed by atoms with Crippen molar-refractivity contribution < 1.29 is 19.4 Å². The standard InChI is InChI=1S/C24H34N6O4/c1-16-23(27-6-5-26-16)28-7-9-30-8-4-17(20(31)15-30)14-29-24(32)19-12-18(25-2)13-21-22(19)34-11-3-10-33-21/h5-6,12-13,17,20,25,31H,3-4,7-11,14-15H2,1-2H3,(H,27,28)(H,29,32)/t17-,20?/m0/s1. The van der Waals surface area contributed by atoms with Crippen LogP contribution >= 0.6 is 0 Å². The largest absolute Gasteiger partial charge is 0.489 e. The molecule has 10 nitrogen and oxygen atoms in total. The van der Waals surface area contributed by atoms with E-state index in [2.05, 4.69) is 30.8 Å². The Kier molecular flexibility index (Phi) is 8.02. The lowest BCUT2D eigenvalue weighted by Gasteiger charge is -2.36. The molecule has 10 heteroatoms. The second-order valence-corrected chi connectivity index (χ2v) is 8.70. The molecule has 1 aromatic carbocycles. The fourth-order valence-corrected chi connectivity index (χ4v) is 4.31. The third-order valence-corrected chi connectivity index (χ3v) is 6.31. The molecule has 2 aliphatic rings. The number of rotatable bonds is 8. The van der Waals surface area contributed by atoms with Crippen molar-refractivity contribution in [1.82, 2.24) is 20.2 Å². The van der Waals surface area contributed by atoms with Crippen LogP contribution in [0.1, 0.15) is 28.9 Å². The maximum absolute atomic E-state index is 13.0. The molecule has 0 spiro atoms. The molecule has 0 saturated carbocycles. The first-order chi connectivity index (χ1) is 16.5. The topological polar surface area (TPSA) is 121 Å². The Morgan fingerprint density at radius 3 is 2.85 bits per heavy atom. The van der Waals surface area contributed by atoms with Crippen LogP contribution in [0.25, 0.3) is 0 Å². The summed E-state index contributed by atoms with van der Waals surface area (Å²) < 4.78 is 11.6. The summed E-state index contributed by atoms with van der Waals surface area (Å²) in [6.07, 6.45) is 4.41. The van der Waals surface area contributed by atoms with Gasteiger partial charge in [-0.15, -0.1) is 0 Å². The molecule has 34 heavy (non-hydrogen) atoms. The average molecular weight is 471 g/mol. The SMILES string of the molecule is CNc1cc2c(c(C(=O)NC[C@@H]3CCN(CCNc4nccnc4C)CC3O)c1)OCCCO2. The second-order valence-electron chi connectivity index (χ2n) is 8.70. The summed E-state index contributed by atoms with van der Waals surface area (Å²) in [5.74, 6) is 1.62. The van der Waals surface area contributed by atoms with Crippen LogP contribution in [-0.4, -0.2) is 85.0 Å². The molecule has 2 atom stereocenters. The van der Waals surface area contributed by atoms with Gasteiger partial charge in [0.2, 0.25) is 0 Å². The number of nitrogens with zero attached hydrogens (tertiary/aromatic N) is 3. The number of aliphatic hydroxyl groups is 1. The lowest BCUT2D eigenvalue weighted by Crippen LogP contribution is -2.48. The number of aryl methyl sites for hydroxylation is 1. The summed E-state index contributed by atoms with van der Waals surface area (Å²) in [5.41, 5.74) is 2.10. The maximum atomic E-state index is 13.0. The van der Waals surface area contributed by atoms with E-state index in [0.717, 1.165) is 49.7 Å². The van der Waals surface area contributed by atoms with Gasteiger partial charge in [-0.2, -0.15) is 0 Å². The van der Waals surface area contributed by atoms with Gasteiger partial charge in [0, 0.05) is 69.7 Å². The summed E-state index contributed by atoms with van der Waals surface area (Å²) >= 11 is 0. The average Bonchev–Trinajstić information content (AvgIpc) is 3.09. The monoisotopic (exact) mass is 470 g/mol. The molecule has 0 radical (unpaired) electrons. The highest BCUT2D eigenvalue weighted by Crippen LogP contribution is 2.36. The molecule has 4 N–H and O–H groups in total. The normalized spacial score (nSPS) is 20.3. The number of likely N-dealkylation sites (tertiary alicyclic amines) is 1. The van der Waals surface area contributed by atoms with Crippen LogP contribution in [0.5, 0.6) is 11.5 Å². The van der Waals surface area contributed by atoms with Gasteiger partial charge in [0.05, 0.1) is 30.6 Å². The molecule has 0 aliphatic carbocycles. The molecule has 1 fully saturated rings. The fraction of sp³-hybridized carbons (Fsp3) is 0.542. The number of β-amino-alcohol motifs (C(OH)–C–C–N with tert-alkyl or cyclic N) is 1. The van der Waals surface area contributed by atoms with E-state index < -0.39 is 6.10 Å². The zero-order valence-electron chi connectivity index (χ0n) is 19.8. The number of aromatic nitrogens is 2. The second kappa shape index (κ2) is 11.3. The molecule has 4 rings (SSSR count). The van der Waals surface area contributed by atoms with Crippen LogP contribution in [0, 0.1) is 12.8 Å². The number of piperidine rings is 1. The third-order valence-electron chi connectivity index (χ3n) is 6.31. The van der Waals surface area contributed by atoms with Crippen molar-refractivity contribution in [2.45, 2.75) is 25.9 Å². The van der Waals surface area contributed by atoms with Crippen LogP contribution in [0.3, 0.4) is 0 Å². The Morgan fingerprint density at radius 2 is 2.06 bits per heavy atom. The van der Waals surface area contributed by atoms with Gasteiger partial charge in [0.15, 0.2) is 11.5 Å². The third kappa shape index (κ3) is 5.87. The summed E-state index contributed by atoms with van der Waals surface area (Å²) in [4.78, 5) is 23.8. The summed E-state index contributed by atoms with van der Waals surface area (Å²) in [5, 5.41) is 20.1. The van der Waals surface area contributed by atoms with Gasteiger partial charge < -0.3 is 30.5 Å². The van der Waals surface area contributed by atoms with Crippen LogP contribution in [0.15, 0.2) is 24.5 Å². The number of hydrogen-bond donors (Lipinski definition) is 4. The number of carbonyl (C=O) groups is 1. The lowest BCUT2D eigenvalue weighted by atomic mass is 9.93. The molecular weight excluding hydrogens is 436 g/mol. The van der Waals surface area contributed by atoms with Gasteiger partial charge in [-0.1, -0.05) is 0 Å². The first-order valence-corrected chi connectivity index (χ1v) is 11.9. The molecule has 2 aromatic rings. The van der Waals surface area contributed by atoms with E-state index in [1.165, 1.54) is 0 Å². The van der Waals surface area contributed by atoms with Gasteiger partial charge in [-0.25, -0.2) is 4.98 Å². The Balaban J connectivity index is 1.28. The van der Waals surface area contributed by atoms with Crippen molar-refractivity contribution in [3.8, 4) is 11.5 Å². The van der Waals surface area contributed by atoms with E-state index in [1.54, 1.807) is 25.5 Å². The summed E-state index contributed by atoms with van der Waals surface area (Å²) in [7, 11) is 1.80. The minimum absolute atomic E-state index is 0.00125. The highest BCUT2D eigenvalue weighted by atomic mass is 16.5. The van der Waals surface area contributed by atoms with E-state index in [0.29, 0.717) is 43.4 Å². The van der Waals surface area contributed by atoms with Crippen LogP contribution in [0.2, 0.25) is 0 Å². The van der Waals surface area contributed by atoms with E-state index in [-0.39, 0.29) is 11.8 Å². The fourth-order valence-electron chi connectivity index (χ4n) is 4.31. The summed E-state index contributed by atoms with van der Waals surface area (Å²) in [6, 6.07) is 3.62. The number of benzene rings is 1. The highest BCUT2D eigenvalue weighted by Gasteiger charge is 2.29. The molecule has 1 aromatic heterocycles. The number of aliphatic hydroxyl groups excluding tert-OH is 1. The van der Waals surface area contributed by atoms with Crippen LogP contribution in [0.4, 0.5) is 11.5 Å². The Hall–Kier alpha value is -3.11. The Morgan fingerprint density at radius 1 is 1.24 bits per heavy atom. The summed E-state index contributed by atoms with van der Waals surface area (Å²) in [6.45, 7) is 6.35. The number of anilines is 2. The van der Waals surface area contributed by atoms with Gasteiger partial charge in [0.1, 0.15) is 5.82 Å². The van der Waals surface area contributed by atoms with E-state index in [9.17, 15) is 9.90 Å². The predicted octanol–water partition coefficient (Wildman–Crippen LogP) is 1.51. The zero-order valence-corrected chi connectivity index (χ0v) is 19.8. The quantitative estimate of drug-likeness (QED) is 0.455. The van der Waals surface area contributed by atoms with Gasteiger partial charge in [-0.05, 0) is 26.0 Å². The van der Waals surface area contributed by atoms with Gasteiger partial charge in [-0.3, -0.25) is 14.7 Å². The molecule has 1 unspecified atom stereocenters. The minimum Gasteiger partial charge on any atom is -0.489 e. The number of amides is 1. The molecule has 3 heterocycles. The highest BCUT2D eigenvalue weighted by molar-refractivity contribution is 5.99. The Bertz CT molecular complexity index is 988. The number of ether oxygens (including phenoxy) is 2. The number of hydrogen-bond acceptors (Lipinski definition) is 9.